The number of pyridine rings is 1. The fourth-order valence-corrected chi connectivity index (χ4v) is 2.38. The molecule has 1 aromatic heterocycles. The summed E-state index contributed by atoms with van der Waals surface area (Å²) in [6, 6.07) is 11.7. The van der Waals surface area contributed by atoms with Crippen molar-refractivity contribution in [2.45, 2.75) is 25.4 Å². The summed E-state index contributed by atoms with van der Waals surface area (Å²) in [6.07, 6.45) is 2.72. The zero-order valence-electron chi connectivity index (χ0n) is 10.8. The second-order valence-electron chi connectivity index (χ2n) is 5.02. The van der Waals surface area contributed by atoms with Crippen molar-refractivity contribution in [3.63, 3.8) is 0 Å². The predicted octanol–water partition coefficient (Wildman–Crippen LogP) is 2.96. The van der Waals surface area contributed by atoms with E-state index in [1.807, 2.05) is 43.3 Å². The number of aliphatic hydroxyl groups is 1. The van der Waals surface area contributed by atoms with E-state index in [4.69, 9.17) is 5.73 Å². The fourth-order valence-electron chi connectivity index (χ4n) is 2.12. The lowest BCUT2D eigenvalue weighted by Gasteiger charge is -2.24. The van der Waals surface area contributed by atoms with E-state index in [-0.39, 0.29) is 0 Å². The molecule has 4 heteroatoms. The summed E-state index contributed by atoms with van der Waals surface area (Å²) in [7, 11) is 0. The first-order valence-electron chi connectivity index (χ1n) is 6.12. The Hall–Kier alpha value is -1.39. The highest BCUT2D eigenvalue weighted by Gasteiger charge is 2.22. The van der Waals surface area contributed by atoms with Crippen LogP contribution in [0, 0.1) is 0 Å². The van der Waals surface area contributed by atoms with Gasteiger partial charge < -0.3 is 10.8 Å². The number of hydrogen-bond donors (Lipinski definition) is 2. The van der Waals surface area contributed by atoms with Gasteiger partial charge in [0.15, 0.2) is 0 Å². The van der Waals surface area contributed by atoms with E-state index in [2.05, 4.69) is 20.9 Å². The van der Waals surface area contributed by atoms with Crippen LogP contribution in [0.5, 0.6) is 0 Å². The summed E-state index contributed by atoms with van der Waals surface area (Å²) in [5, 5.41) is 10.5. The fraction of sp³-hybridized carbons (Fsp3) is 0.267. The number of hydrogen-bond acceptors (Lipinski definition) is 3. The summed E-state index contributed by atoms with van der Waals surface area (Å²) in [5.41, 5.74) is 6.94. The van der Waals surface area contributed by atoms with Crippen molar-refractivity contribution in [2.24, 2.45) is 0 Å². The molecule has 0 aliphatic rings. The van der Waals surface area contributed by atoms with Crippen molar-refractivity contribution >= 4 is 21.7 Å². The molecular formula is C15H17BrN2O. The third-order valence-electron chi connectivity index (χ3n) is 3.00. The van der Waals surface area contributed by atoms with Gasteiger partial charge in [-0.05, 0) is 36.2 Å². The van der Waals surface area contributed by atoms with Crippen molar-refractivity contribution in [1.29, 1.82) is 0 Å². The summed E-state index contributed by atoms with van der Waals surface area (Å²) < 4.78 is 1.03. The second kappa shape index (κ2) is 5.72. The highest BCUT2D eigenvalue weighted by atomic mass is 79.9. The minimum Gasteiger partial charge on any atom is -0.389 e. The number of anilines is 1. The number of halogens is 1. The first-order valence-corrected chi connectivity index (χ1v) is 6.92. The lowest BCUT2D eigenvalue weighted by molar-refractivity contribution is 0.0609. The lowest BCUT2D eigenvalue weighted by atomic mass is 9.90. The van der Waals surface area contributed by atoms with Gasteiger partial charge in [-0.25, -0.2) is 4.98 Å². The lowest BCUT2D eigenvalue weighted by Crippen LogP contribution is -2.30. The standard InChI is InChI=1S/C15H17BrN2O/c1-15(19,9-11-4-6-13(16)7-5-11)10-12-3-2-8-18-14(12)17/h2-8,19H,9-10H2,1H3,(H2,17,18). The average molecular weight is 321 g/mol. The predicted molar refractivity (Wildman–Crippen MR) is 80.8 cm³/mol. The van der Waals surface area contributed by atoms with Gasteiger partial charge in [0.25, 0.3) is 0 Å². The van der Waals surface area contributed by atoms with Crippen LogP contribution in [0.15, 0.2) is 47.1 Å². The Morgan fingerprint density at radius 3 is 2.53 bits per heavy atom. The first-order chi connectivity index (χ1) is 8.96. The van der Waals surface area contributed by atoms with E-state index >= 15 is 0 Å². The van der Waals surface area contributed by atoms with Crippen LogP contribution >= 0.6 is 15.9 Å². The summed E-state index contributed by atoms with van der Waals surface area (Å²) in [4.78, 5) is 4.04. The topological polar surface area (TPSA) is 59.1 Å². The van der Waals surface area contributed by atoms with E-state index in [0.717, 1.165) is 15.6 Å². The van der Waals surface area contributed by atoms with Gasteiger partial charge in [0.05, 0.1) is 5.60 Å². The van der Waals surface area contributed by atoms with Crippen LogP contribution in [0.4, 0.5) is 5.82 Å². The average Bonchev–Trinajstić information content (AvgIpc) is 2.35. The molecule has 100 valence electrons. The van der Waals surface area contributed by atoms with Crippen LogP contribution < -0.4 is 5.73 Å². The molecule has 2 rings (SSSR count). The highest BCUT2D eigenvalue weighted by Crippen LogP contribution is 2.22. The molecule has 0 radical (unpaired) electrons. The van der Waals surface area contributed by atoms with Gasteiger partial charge in [-0.15, -0.1) is 0 Å². The van der Waals surface area contributed by atoms with Gasteiger partial charge in [0.2, 0.25) is 0 Å². The zero-order chi connectivity index (χ0) is 13.9. The molecule has 0 spiro atoms. The molecule has 1 aromatic carbocycles. The van der Waals surface area contributed by atoms with Crippen LogP contribution in [0.2, 0.25) is 0 Å². The summed E-state index contributed by atoms with van der Waals surface area (Å²) in [6.45, 7) is 1.82. The number of aromatic nitrogens is 1. The number of rotatable bonds is 4. The quantitative estimate of drug-likeness (QED) is 0.910. The minimum absolute atomic E-state index is 0.485. The molecule has 19 heavy (non-hydrogen) atoms. The molecule has 0 aliphatic carbocycles. The monoisotopic (exact) mass is 320 g/mol. The van der Waals surface area contributed by atoms with Crippen molar-refractivity contribution in [2.75, 3.05) is 5.73 Å². The zero-order valence-corrected chi connectivity index (χ0v) is 12.4. The van der Waals surface area contributed by atoms with Crippen molar-refractivity contribution in [1.82, 2.24) is 4.98 Å². The molecule has 0 fully saturated rings. The molecule has 0 aliphatic heterocycles. The van der Waals surface area contributed by atoms with Crippen molar-refractivity contribution < 1.29 is 5.11 Å². The molecule has 1 unspecified atom stereocenters. The first kappa shape index (κ1) is 14.0. The maximum Gasteiger partial charge on any atom is 0.126 e. The maximum atomic E-state index is 10.5. The van der Waals surface area contributed by atoms with Gasteiger partial charge in [-0.2, -0.15) is 0 Å². The third-order valence-corrected chi connectivity index (χ3v) is 3.52. The smallest absolute Gasteiger partial charge is 0.126 e. The Morgan fingerprint density at radius 1 is 1.21 bits per heavy atom. The Kier molecular flexibility index (Phi) is 4.22. The molecule has 0 saturated heterocycles. The van der Waals surface area contributed by atoms with Gasteiger partial charge in [0, 0.05) is 23.5 Å². The van der Waals surface area contributed by atoms with E-state index in [1.165, 1.54) is 0 Å². The SMILES string of the molecule is CC(O)(Cc1ccc(Br)cc1)Cc1cccnc1N. The van der Waals surface area contributed by atoms with E-state index < -0.39 is 5.60 Å². The summed E-state index contributed by atoms with van der Waals surface area (Å²) in [5.74, 6) is 0.485. The van der Waals surface area contributed by atoms with Gasteiger partial charge in [-0.3, -0.25) is 0 Å². The number of nitrogen functional groups attached to an aromatic ring is 1. The van der Waals surface area contributed by atoms with E-state index in [1.54, 1.807) is 6.20 Å². The maximum absolute atomic E-state index is 10.5. The van der Waals surface area contributed by atoms with Crippen LogP contribution in [0.3, 0.4) is 0 Å². The Labute approximate surface area is 121 Å². The molecule has 0 amide bonds. The van der Waals surface area contributed by atoms with E-state index in [9.17, 15) is 5.11 Å². The molecular weight excluding hydrogens is 304 g/mol. The van der Waals surface area contributed by atoms with Crippen molar-refractivity contribution in [3.8, 4) is 0 Å². The van der Waals surface area contributed by atoms with Crippen LogP contribution in [0.25, 0.3) is 0 Å². The van der Waals surface area contributed by atoms with Gasteiger partial charge in [-0.1, -0.05) is 34.1 Å². The van der Waals surface area contributed by atoms with Crippen LogP contribution in [0.1, 0.15) is 18.1 Å². The highest BCUT2D eigenvalue weighted by molar-refractivity contribution is 9.10. The second-order valence-corrected chi connectivity index (χ2v) is 5.94. The van der Waals surface area contributed by atoms with Gasteiger partial charge >= 0.3 is 0 Å². The van der Waals surface area contributed by atoms with Crippen LogP contribution in [-0.2, 0) is 12.8 Å². The van der Waals surface area contributed by atoms with Crippen LogP contribution in [-0.4, -0.2) is 15.7 Å². The molecule has 2 aromatic rings. The Balaban J connectivity index is 2.10. The normalized spacial score (nSPS) is 14.1. The molecule has 3 N–H and O–H groups in total. The third kappa shape index (κ3) is 4.04. The largest absolute Gasteiger partial charge is 0.389 e. The Morgan fingerprint density at radius 2 is 1.89 bits per heavy atom. The molecule has 0 saturated carbocycles. The molecule has 0 bridgehead atoms. The molecule has 1 heterocycles. The number of nitrogens with two attached hydrogens (primary N) is 1. The minimum atomic E-state index is -0.842. The number of nitrogens with zero attached hydrogens (tertiary/aromatic N) is 1. The number of benzene rings is 1. The van der Waals surface area contributed by atoms with Gasteiger partial charge in [0.1, 0.15) is 5.82 Å². The van der Waals surface area contributed by atoms with Crippen molar-refractivity contribution in [3.05, 3.63) is 58.2 Å². The molecule has 1 atom stereocenters. The molecule has 3 nitrogen and oxygen atoms in total. The summed E-state index contributed by atoms with van der Waals surface area (Å²) >= 11 is 3.40. The van der Waals surface area contributed by atoms with E-state index in [0.29, 0.717) is 18.7 Å². The Bertz CT molecular complexity index is 552.